The smallest absolute Gasteiger partial charge is 0.274 e. The van der Waals surface area contributed by atoms with Crippen LogP contribution in [-0.4, -0.2) is 26.4 Å². The molecule has 0 atom stereocenters. The Morgan fingerprint density at radius 2 is 1.96 bits per heavy atom. The summed E-state index contributed by atoms with van der Waals surface area (Å²) in [5, 5.41) is 19.9. The number of halogens is 1. The molecule has 0 saturated heterocycles. The third kappa shape index (κ3) is 3.21. The van der Waals surface area contributed by atoms with E-state index in [2.05, 4.69) is 21.7 Å². The maximum Gasteiger partial charge on any atom is 0.274 e. The van der Waals surface area contributed by atoms with Crippen LogP contribution in [-0.2, 0) is 0 Å². The van der Waals surface area contributed by atoms with E-state index < -0.39 is 11.4 Å². The molecule has 1 aromatic heterocycles. The van der Waals surface area contributed by atoms with Gasteiger partial charge in [0.1, 0.15) is 11.4 Å². The number of aromatic nitrogens is 3. The van der Waals surface area contributed by atoms with E-state index >= 15 is 0 Å². The van der Waals surface area contributed by atoms with Crippen LogP contribution in [0, 0.1) is 17.1 Å². The molecule has 1 saturated carbocycles. The molecule has 1 aliphatic carbocycles. The van der Waals surface area contributed by atoms with Crippen LogP contribution in [0.25, 0.3) is 5.69 Å². The molecule has 1 N–H and O–H groups in total. The van der Waals surface area contributed by atoms with Crippen molar-refractivity contribution in [3.05, 3.63) is 42.0 Å². The molecule has 0 unspecified atom stereocenters. The molecule has 1 heterocycles. The highest BCUT2D eigenvalue weighted by Crippen LogP contribution is 2.27. The number of rotatable bonds is 3. The quantitative estimate of drug-likeness (QED) is 0.943. The van der Waals surface area contributed by atoms with Crippen LogP contribution < -0.4 is 5.32 Å². The Morgan fingerprint density at radius 1 is 1.26 bits per heavy atom. The summed E-state index contributed by atoms with van der Waals surface area (Å²) in [6.45, 7) is 0. The molecule has 6 nitrogen and oxygen atoms in total. The maximum atomic E-state index is 12.9. The molecule has 7 heteroatoms. The predicted octanol–water partition coefficient (Wildman–Crippen LogP) is 2.36. The normalized spacial score (nSPS) is 16.5. The van der Waals surface area contributed by atoms with Crippen molar-refractivity contribution in [2.45, 2.75) is 37.6 Å². The summed E-state index contributed by atoms with van der Waals surface area (Å²) in [7, 11) is 0. The summed E-state index contributed by atoms with van der Waals surface area (Å²) in [5.74, 6) is -0.762. The zero-order chi connectivity index (χ0) is 16.3. The first-order valence-electron chi connectivity index (χ1n) is 7.54. The lowest BCUT2D eigenvalue weighted by Gasteiger charge is -2.31. The van der Waals surface area contributed by atoms with Gasteiger partial charge in [0.2, 0.25) is 0 Å². The van der Waals surface area contributed by atoms with Gasteiger partial charge < -0.3 is 5.32 Å². The van der Waals surface area contributed by atoms with Crippen molar-refractivity contribution in [2.24, 2.45) is 0 Å². The number of carbonyl (C=O) groups is 1. The SMILES string of the molecule is N#CC1(NC(=O)c2cn(-c3ccc(F)cc3)nn2)CCCCC1. The van der Waals surface area contributed by atoms with Crippen molar-refractivity contribution in [3.8, 4) is 11.8 Å². The average Bonchev–Trinajstić information content (AvgIpc) is 3.06. The molecule has 1 aromatic carbocycles. The van der Waals surface area contributed by atoms with Crippen molar-refractivity contribution < 1.29 is 9.18 Å². The van der Waals surface area contributed by atoms with E-state index in [9.17, 15) is 14.4 Å². The Kier molecular flexibility index (Phi) is 4.06. The highest BCUT2D eigenvalue weighted by molar-refractivity contribution is 5.92. The van der Waals surface area contributed by atoms with Gasteiger partial charge in [-0.15, -0.1) is 5.10 Å². The van der Waals surface area contributed by atoms with E-state index in [1.165, 1.54) is 23.0 Å². The number of nitriles is 1. The van der Waals surface area contributed by atoms with Gasteiger partial charge in [-0.25, -0.2) is 9.07 Å². The molecule has 0 aliphatic heterocycles. The molecule has 1 fully saturated rings. The lowest BCUT2D eigenvalue weighted by molar-refractivity contribution is 0.0897. The summed E-state index contributed by atoms with van der Waals surface area (Å²) < 4.78 is 14.3. The Morgan fingerprint density at radius 3 is 2.61 bits per heavy atom. The molecule has 118 valence electrons. The Hall–Kier alpha value is -2.75. The van der Waals surface area contributed by atoms with E-state index in [1.54, 1.807) is 12.1 Å². The van der Waals surface area contributed by atoms with Crippen molar-refractivity contribution >= 4 is 5.91 Å². The zero-order valence-electron chi connectivity index (χ0n) is 12.5. The van der Waals surface area contributed by atoms with Gasteiger partial charge >= 0.3 is 0 Å². The molecule has 1 amide bonds. The van der Waals surface area contributed by atoms with Crippen LogP contribution in [0.5, 0.6) is 0 Å². The summed E-state index contributed by atoms with van der Waals surface area (Å²) in [6.07, 6.45) is 5.71. The van der Waals surface area contributed by atoms with Crippen LogP contribution in [0.15, 0.2) is 30.5 Å². The molecular weight excluding hydrogens is 297 g/mol. The van der Waals surface area contributed by atoms with E-state index in [4.69, 9.17) is 0 Å². The van der Waals surface area contributed by atoms with Crippen LogP contribution in [0.4, 0.5) is 4.39 Å². The van der Waals surface area contributed by atoms with Crippen molar-refractivity contribution in [1.82, 2.24) is 20.3 Å². The van der Waals surface area contributed by atoms with Crippen molar-refractivity contribution in [3.63, 3.8) is 0 Å². The van der Waals surface area contributed by atoms with E-state index in [0.29, 0.717) is 18.5 Å². The minimum Gasteiger partial charge on any atom is -0.332 e. The summed E-state index contributed by atoms with van der Waals surface area (Å²) in [4.78, 5) is 12.3. The second-order valence-electron chi connectivity index (χ2n) is 5.73. The maximum absolute atomic E-state index is 12.9. The minimum absolute atomic E-state index is 0.134. The highest BCUT2D eigenvalue weighted by Gasteiger charge is 2.34. The minimum atomic E-state index is -0.811. The highest BCUT2D eigenvalue weighted by atomic mass is 19.1. The van der Waals surface area contributed by atoms with Gasteiger partial charge in [0.15, 0.2) is 5.69 Å². The average molecular weight is 313 g/mol. The number of nitrogens with zero attached hydrogens (tertiary/aromatic N) is 4. The van der Waals surface area contributed by atoms with Gasteiger partial charge in [0.25, 0.3) is 5.91 Å². The fourth-order valence-electron chi connectivity index (χ4n) is 2.79. The molecule has 1 aliphatic rings. The van der Waals surface area contributed by atoms with Gasteiger partial charge in [0.05, 0.1) is 18.0 Å². The topological polar surface area (TPSA) is 83.6 Å². The van der Waals surface area contributed by atoms with Gasteiger partial charge in [0, 0.05) is 0 Å². The number of nitrogens with one attached hydrogen (secondary N) is 1. The fourth-order valence-corrected chi connectivity index (χ4v) is 2.79. The molecule has 0 spiro atoms. The van der Waals surface area contributed by atoms with E-state index in [0.717, 1.165) is 19.3 Å². The second-order valence-corrected chi connectivity index (χ2v) is 5.73. The number of amides is 1. The lowest BCUT2D eigenvalue weighted by Crippen LogP contribution is -2.48. The van der Waals surface area contributed by atoms with E-state index in [-0.39, 0.29) is 11.5 Å². The standard InChI is InChI=1S/C16H16FN5O/c17-12-4-6-13(7-5-12)22-10-14(20-21-22)15(23)19-16(11-18)8-2-1-3-9-16/h4-7,10H,1-3,8-9H2,(H,19,23). The molecular formula is C16H16FN5O. The van der Waals surface area contributed by atoms with Crippen molar-refractivity contribution in [2.75, 3.05) is 0 Å². The zero-order valence-corrected chi connectivity index (χ0v) is 12.5. The van der Waals surface area contributed by atoms with Crippen LogP contribution >= 0.6 is 0 Å². The molecule has 23 heavy (non-hydrogen) atoms. The van der Waals surface area contributed by atoms with Crippen molar-refractivity contribution in [1.29, 1.82) is 5.26 Å². The lowest BCUT2D eigenvalue weighted by atomic mass is 9.83. The second kappa shape index (κ2) is 6.16. The Labute approximate surface area is 132 Å². The largest absolute Gasteiger partial charge is 0.332 e. The van der Waals surface area contributed by atoms with Crippen LogP contribution in [0.3, 0.4) is 0 Å². The predicted molar refractivity (Wildman–Crippen MR) is 80.2 cm³/mol. The third-order valence-electron chi connectivity index (χ3n) is 4.09. The van der Waals surface area contributed by atoms with E-state index in [1.807, 2.05) is 0 Å². The summed E-state index contributed by atoms with van der Waals surface area (Å²) >= 11 is 0. The third-order valence-corrected chi connectivity index (χ3v) is 4.09. The first-order valence-corrected chi connectivity index (χ1v) is 7.54. The number of carbonyl (C=O) groups excluding carboxylic acids is 1. The summed E-state index contributed by atoms with van der Waals surface area (Å²) in [5.41, 5.74) is -0.0743. The monoisotopic (exact) mass is 313 g/mol. The summed E-state index contributed by atoms with van der Waals surface area (Å²) in [6, 6.07) is 7.94. The number of hydrogen-bond donors (Lipinski definition) is 1. The first kappa shape index (κ1) is 15.2. The Balaban J connectivity index is 1.76. The molecule has 3 rings (SSSR count). The van der Waals surface area contributed by atoms with Gasteiger partial charge in [-0.1, -0.05) is 24.5 Å². The first-order chi connectivity index (χ1) is 11.1. The van der Waals surface area contributed by atoms with Crippen LogP contribution in [0.1, 0.15) is 42.6 Å². The van der Waals surface area contributed by atoms with Gasteiger partial charge in [-0.05, 0) is 37.1 Å². The van der Waals surface area contributed by atoms with Crippen LogP contribution in [0.2, 0.25) is 0 Å². The number of hydrogen-bond acceptors (Lipinski definition) is 4. The Bertz CT molecular complexity index is 741. The number of benzene rings is 1. The fraction of sp³-hybridized carbons (Fsp3) is 0.375. The van der Waals surface area contributed by atoms with Gasteiger partial charge in [-0.2, -0.15) is 5.26 Å². The molecule has 0 radical (unpaired) electrons. The molecule has 2 aromatic rings. The molecule has 0 bridgehead atoms. The van der Waals surface area contributed by atoms with Gasteiger partial charge in [-0.3, -0.25) is 4.79 Å².